The molecule has 5 nitrogen and oxygen atoms in total. The van der Waals surface area contributed by atoms with E-state index in [1.165, 1.54) is 0 Å². The molecule has 1 heterocycles. The number of likely N-dealkylation sites (tertiary alicyclic amines) is 1. The molecule has 1 aromatic rings. The number of hydrogen-bond donors (Lipinski definition) is 1. The minimum atomic E-state index is -0.536. The quantitative estimate of drug-likeness (QED) is 0.922. The van der Waals surface area contributed by atoms with E-state index in [4.69, 9.17) is 10.5 Å². The summed E-state index contributed by atoms with van der Waals surface area (Å²) in [5, 5.41) is 0. The first kappa shape index (κ1) is 16.3. The first-order chi connectivity index (χ1) is 10.4. The monoisotopic (exact) mass is 304 g/mol. The molecule has 1 aliphatic heterocycles. The van der Waals surface area contributed by atoms with E-state index in [1.807, 2.05) is 32.0 Å². The number of hydrogen-bond acceptors (Lipinski definition) is 3. The van der Waals surface area contributed by atoms with Gasteiger partial charge in [0.25, 0.3) is 5.91 Å². The van der Waals surface area contributed by atoms with Crippen LogP contribution in [0.4, 0.5) is 0 Å². The molecule has 2 N–H and O–H groups in total. The summed E-state index contributed by atoms with van der Waals surface area (Å²) >= 11 is 0. The third kappa shape index (κ3) is 3.78. The molecule has 2 rings (SSSR count). The Balaban J connectivity index is 1.94. The summed E-state index contributed by atoms with van der Waals surface area (Å²) < 4.78 is 5.81. The first-order valence-corrected chi connectivity index (χ1v) is 7.70. The Morgan fingerprint density at radius 3 is 2.45 bits per heavy atom. The third-order valence-electron chi connectivity index (χ3n) is 4.19. The molecule has 1 atom stereocenters. The summed E-state index contributed by atoms with van der Waals surface area (Å²) in [4.78, 5) is 25.4. The second-order valence-electron chi connectivity index (χ2n) is 6.03. The van der Waals surface area contributed by atoms with Crippen molar-refractivity contribution in [3.8, 4) is 5.75 Å². The van der Waals surface area contributed by atoms with Gasteiger partial charge < -0.3 is 15.4 Å². The largest absolute Gasteiger partial charge is 0.481 e. The Morgan fingerprint density at radius 1 is 1.27 bits per heavy atom. The van der Waals surface area contributed by atoms with Crippen LogP contribution in [0.2, 0.25) is 0 Å². The molecular formula is C17H24N2O3. The first-order valence-electron chi connectivity index (χ1n) is 7.70. The summed E-state index contributed by atoms with van der Waals surface area (Å²) in [6.45, 7) is 6.88. The summed E-state index contributed by atoms with van der Waals surface area (Å²) in [6, 6.07) is 5.90. The van der Waals surface area contributed by atoms with Crippen LogP contribution in [0.15, 0.2) is 18.2 Å². The molecule has 0 radical (unpaired) electrons. The van der Waals surface area contributed by atoms with Crippen LogP contribution < -0.4 is 10.5 Å². The predicted molar refractivity (Wildman–Crippen MR) is 84.5 cm³/mol. The highest BCUT2D eigenvalue weighted by atomic mass is 16.5. The SMILES string of the molecule is Cc1ccc(OC(C)C(=O)N2CCC(C(N)=O)CC2)c(C)c1. The molecule has 22 heavy (non-hydrogen) atoms. The van der Waals surface area contributed by atoms with Crippen molar-refractivity contribution in [3.63, 3.8) is 0 Å². The van der Waals surface area contributed by atoms with E-state index in [0.29, 0.717) is 25.9 Å². The van der Waals surface area contributed by atoms with Gasteiger partial charge in [0.1, 0.15) is 5.75 Å². The zero-order valence-electron chi connectivity index (χ0n) is 13.5. The number of benzene rings is 1. The minimum absolute atomic E-state index is 0.0390. The van der Waals surface area contributed by atoms with Gasteiger partial charge in [0.2, 0.25) is 5.91 Å². The average Bonchev–Trinajstić information content (AvgIpc) is 2.49. The van der Waals surface area contributed by atoms with Crippen molar-refractivity contribution < 1.29 is 14.3 Å². The normalized spacial score (nSPS) is 17.1. The van der Waals surface area contributed by atoms with Crippen LogP contribution in [0.25, 0.3) is 0 Å². The van der Waals surface area contributed by atoms with Gasteiger partial charge in [-0.3, -0.25) is 9.59 Å². The minimum Gasteiger partial charge on any atom is -0.481 e. The number of nitrogens with zero attached hydrogens (tertiary/aromatic N) is 1. The van der Waals surface area contributed by atoms with Crippen LogP contribution in [0.3, 0.4) is 0 Å². The van der Waals surface area contributed by atoms with E-state index in [2.05, 4.69) is 0 Å². The number of rotatable bonds is 4. The van der Waals surface area contributed by atoms with Crippen LogP contribution in [0.5, 0.6) is 5.75 Å². The number of piperidine rings is 1. The second kappa shape index (κ2) is 6.81. The lowest BCUT2D eigenvalue weighted by Crippen LogP contribution is -2.46. The molecule has 2 amide bonds. The van der Waals surface area contributed by atoms with Crippen molar-refractivity contribution in [3.05, 3.63) is 29.3 Å². The van der Waals surface area contributed by atoms with Crippen LogP contribution in [0.1, 0.15) is 30.9 Å². The number of ether oxygens (including phenoxy) is 1. The summed E-state index contributed by atoms with van der Waals surface area (Å²) in [5.74, 6) is 0.313. The molecule has 1 unspecified atom stereocenters. The molecule has 1 aliphatic rings. The summed E-state index contributed by atoms with van der Waals surface area (Å²) in [5.41, 5.74) is 7.50. The lowest BCUT2D eigenvalue weighted by Gasteiger charge is -2.32. The number of carbonyl (C=O) groups is 2. The number of nitrogens with two attached hydrogens (primary N) is 1. The van der Waals surface area contributed by atoms with Crippen LogP contribution >= 0.6 is 0 Å². The van der Waals surface area contributed by atoms with E-state index in [1.54, 1.807) is 11.8 Å². The molecule has 1 aromatic carbocycles. The zero-order valence-corrected chi connectivity index (χ0v) is 13.5. The molecule has 5 heteroatoms. The lowest BCUT2D eigenvalue weighted by molar-refractivity contribution is -0.140. The average molecular weight is 304 g/mol. The molecule has 0 spiro atoms. The summed E-state index contributed by atoms with van der Waals surface area (Å²) in [6.07, 6.45) is 0.737. The van der Waals surface area contributed by atoms with Crippen molar-refractivity contribution >= 4 is 11.8 Å². The van der Waals surface area contributed by atoms with Crippen molar-refractivity contribution in [2.75, 3.05) is 13.1 Å². The maximum Gasteiger partial charge on any atom is 0.263 e. The fraction of sp³-hybridized carbons (Fsp3) is 0.529. The zero-order chi connectivity index (χ0) is 16.3. The Hall–Kier alpha value is -2.04. The number of primary amides is 1. The van der Waals surface area contributed by atoms with E-state index >= 15 is 0 Å². The molecular weight excluding hydrogens is 280 g/mol. The van der Waals surface area contributed by atoms with E-state index in [-0.39, 0.29) is 17.7 Å². The Kier molecular flexibility index (Phi) is 5.06. The fourth-order valence-electron chi connectivity index (χ4n) is 2.81. The Bertz CT molecular complexity index is 563. The number of amides is 2. The molecule has 0 aliphatic carbocycles. The molecule has 1 saturated heterocycles. The number of carbonyl (C=O) groups excluding carboxylic acids is 2. The van der Waals surface area contributed by atoms with Gasteiger partial charge in [-0.15, -0.1) is 0 Å². The van der Waals surface area contributed by atoms with Crippen molar-refractivity contribution in [2.24, 2.45) is 11.7 Å². The van der Waals surface area contributed by atoms with Crippen molar-refractivity contribution in [1.82, 2.24) is 4.90 Å². The fourth-order valence-corrected chi connectivity index (χ4v) is 2.81. The van der Waals surface area contributed by atoms with Gasteiger partial charge in [-0.2, -0.15) is 0 Å². The van der Waals surface area contributed by atoms with Crippen LogP contribution in [0, 0.1) is 19.8 Å². The number of aryl methyl sites for hydroxylation is 2. The van der Waals surface area contributed by atoms with Crippen LogP contribution in [-0.2, 0) is 9.59 Å². The van der Waals surface area contributed by atoms with E-state index in [0.717, 1.165) is 16.9 Å². The maximum atomic E-state index is 12.4. The van der Waals surface area contributed by atoms with E-state index in [9.17, 15) is 9.59 Å². The summed E-state index contributed by atoms with van der Waals surface area (Å²) in [7, 11) is 0. The Labute approximate surface area is 131 Å². The highest BCUT2D eigenvalue weighted by Gasteiger charge is 2.29. The standard InChI is InChI=1S/C17H24N2O3/c1-11-4-5-15(12(2)10-11)22-13(3)17(21)19-8-6-14(7-9-19)16(18)20/h4-5,10,13-14H,6-9H2,1-3H3,(H2,18,20). The van der Waals surface area contributed by atoms with Gasteiger partial charge in [-0.25, -0.2) is 0 Å². The van der Waals surface area contributed by atoms with E-state index < -0.39 is 6.10 Å². The molecule has 1 fully saturated rings. The molecule has 0 saturated carbocycles. The topological polar surface area (TPSA) is 72.6 Å². The van der Waals surface area contributed by atoms with Crippen molar-refractivity contribution in [1.29, 1.82) is 0 Å². The van der Waals surface area contributed by atoms with Crippen LogP contribution in [-0.4, -0.2) is 35.9 Å². The second-order valence-corrected chi connectivity index (χ2v) is 6.03. The predicted octanol–water partition coefficient (Wildman–Crippen LogP) is 1.79. The highest BCUT2D eigenvalue weighted by Crippen LogP contribution is 2.22. The lowest BCUT2D eigenvalue weighted by atomic mass is 9.96. The van der Waals surface area contributed by atoms with Gasteiger partial charge in [0.05, 0.1) is 0 Å². The molecule has 0 bridgehead atoms. The third-order valence-corrected chi connectivity index (χ3v) is 4.19. The maximum absolute atomic E-state index is 12.4. The molecule has 120 valence electrons. The Morgan fingerprint density at radius 2 is 1.91 bits per heavy atom. The van der Waals surface area contributed by atoms with Gasteiger partial charge in [0, 0.05) is 19.0 Å². The highest BCUT2D eigenvalue weighted by molar-refractivity contribution is 5.82. The smallest absolute Gasteiger partial charge is 0.263 e. The van der Waals surface area contributed by atoms with Gasteiger partial charge in [0.15, 0.2) is 6.10 Å². The molecule has 0 aromatic heterocycles. The van der Waals surface area contributed by atoms with Gasteiger partial charge in [-0.1, -0.05) is 17.7 Å². The van der Waals surface area contributed by atoms with Crippen molar-refractivity contribution in [2.45, 2.75) is 39.7 Å². The van der Waals surface area contributed by atoms with Gasteiger partial charge >= 0.3 is 0 Å². The van der Waals surface area contributed by atoms with Gasteiger partial charge in [-0.05, 0) is 45.2 Å².